The van der Waals surface area contributed by atoms with E-state index < -0.39 is 12.1 Å². The Morgan fingerprint density at radius 1 is 1.00 bits per heavy atom. The van der Waals surface area contributed by atoms with E-state index in [-0.39, 0.29) is 17.6 Å². The zero-order valence-corrected chi connectivity index (χ0v) is 15.8. The van der Waals surface area contributed by atoms with Crippen LogP contribution in [0.15, 0.2) is 42.6 Å². The second-order valence-corrected chi connectivity index (χ2v) is 6.84. The van der Waals surface area contributed by atoms with E-state index in [1.807, 2.05) is 6.07 Å². The van der Waals surface area contributed by atoms with Crippen LogP contribution < -0.4 is 15.4 Å². The van der Waals surface area contributed by atoms with Crippen LogP contribution in [0.2, 0.25) is 0 Å². The van der Waals surface area contributed by atoms with E-state index in [9.17, 15) is 14.0 Å². The number of amides is 2. The molecule has 6 nitrogen and oxygen atoms in total. The minimum atomic E-state index is -0.670. The van der Waals surface area contributed by atoms with Crippen LogP contribution in [0, 0.1) is 5.82 Å². The summed E-state index contributed by atoms with van der Waals surface area (Å²) in [4.78, 5) is 29.1. The molecule has 1 aliphatic heterocycles. The van der Waals surface area contributed by atoms with Gasteiger partial charge in [0.15, 0.2) is 0 Å². The largest absolute Gasteiger partial charge is 0.492 e. The van der Waals surface area contributed by atoms with E-state index in [2.05, 4.69) is 22.5 Å². The number of hydrogen-bond acceptors (Lipinski definition) is 4. The first-order chi connectivity index (χ1) is 13.5. The molecule has 2 unspecified atom stereocenters. The number of carbonyl (C=O) groups is 2. The average molecular weight is 385 g/mol. The zero-order valence-electron chi connectivity index (χ0n) is 15.8. The van der Waals surface area contributed by atoms with Crippen LogP contribution >= 0.6 is 0 Å². The number of halogens is 1. The predicted molar refractivity (Wildman–Crippen MR) is 102 cm³/mol. The summed E-state index contributed by atoms with van der Waals surface area (Å²) < 4.78 is 18.6. The summed E-state index contributed by atoms with van der Waals surface area (Å²) in [6, 6.07) is 8.16. The number of ether oxygens (including phenoxy) is 1. The van der Waals surface area contributed by atoms with Crippen molar-refractivity contribution in [3.8, 4) is 5.75 Å². The molecule has 28 heavy (non-hydrogen) atoms. The summed E-state index contributed by atoms with van der Waals surface area (Å²) in [5, 5.41) is 5.50. The van der Waals surface area contributed by atoms with Crippen molar-refractivity contribution in [1.29, 1.82) is 0 Å². The summed E-state index contributed by atoms with van der Waals surface area (Å²) in [7, 11) is 0. The van der Waals surface area contributed by atoms with E-state index in [0.717, 1.165) is 18.4 Å². The maximum atomic E-state index is 13.0. The van der Waals surface area contributed by atoms with Gasteiger partial charge in [-0.2, -0.15) is 0 Å². The summed E-state index contributed by atoms with van der Waals surface area (Å²) in [5.41, 5.74) is 1.47. The fraction of sp³-hybridized carbons (Fsp3) is 0.381. The molecule has 1 aromatic heterocycles. The Balaban J connectivity index is 1.54. The fourth-order valence-corrected chi connectivity index (χ4v) is 2.98. The first-order valence-corrected chi connectivity index (χ1v) is 9.48. The van der Waals surface area contributed by atoms with Crippen molar-refractivity contribution in [2.24, 2.45) is 0 Å². The van der Waals surface area contributed by atoms with Crippen LogP contribution in [0.1, 0.15) is 31.0 Å². The lowest BCUT2D eigenvalue weighted by atomic mass is 10.00. The summed E-state index contributed by atoms with van der Waals surface area (Å²) in [6.45, 7) is 2.74. The van der Waals surface area contributed by atoms with E-state index >= 15 is 0 Å². The molecule has 1 saturated heterocycles. The van der Waals surface area contributed by atoms with Gasteiger partial charge >= 0.3 is 0 Å². The van der Waals surface area contributed by atoms with Crippen molar-refractivity contribution in [3.63, 3.8) is 0 Å². The number of piperazine rings is 1. The van der Waals surface area contributed by atoms with Crippen molar-refractivity contribution < 1.29 is 18.7 Å². The van der Waals surface area contributed by atoms with Gasteiger partial charge in [-0.3, -0.25) is 14.6 Å². The lowest BCUT2D eigenvalue weighted by Crippen LogP contribution is -2.62. The third-order valence-corrected chi connectivity index (χ3v) is 4.60. The van der Waals surface area contributed by atoms with Crippen LogP contribution in [0.5, 0.6) is 5.75 Å². The van der Waals surface area contributed by atoms with Crippen molar-refractivity contribution >= 4 is 11.8 Å². The van der Waals surface area contributed by atoms with Gasteiger partial charge in [-0.25, -0.2) is 4.39 Å². The second-order valence-electron chi connectivity index (χ2n) is 6.84. The topological polar surface area (TPSA) is 80.3 Å². The van der Waals surface area contributed by atoms with Crippen molar-refractivity contribution in [2.45, 2.75) is 44.7 Å². The summed E-state index contributed by atoms with van der Waals surface area (Å²) in [5.74, 6) is -0.158. The lowest BCUT2D eigenvalue weighted by Gasteiger charge is -2.29. The predicted octanol–water partition coefficient (Wildman–Crippen LogP) is 2.17. The van der Waals surface area contributed by atoms with Gasteiger partial charge in [0.05, 0.1) is 12.8 Å². The third kappa shape index (κ3) is 5.28. The molecule has 1 aliphatic rings. The smallest absolute Gasteiger partial charge is 0.243 e. The number of nitrogens with one attached hydrogen (secondary N) is 2. The molecule has 0 aliphatic carbocycles. The van der Waals surface area contributed by atoms with E-state index in [1.165, 1.54) is 12.1 Å². The quantitative estimate of drug-likeness (QED) is 0.683. The van der Waals surface area contributed by atoms with Crippen molar-refractivity contribution in [2.75, 3.05) is 6.61 Å². The number of benzene rings is 1. The van der Waals surface area contributed by atoms with Crippen molar-refractivity contribution in [3.05, 3.63) is 59.7 Å². The van der Waals surface area contributed by atoms with Gasteiger partial charge < -0.3 is 15.4 Å². The van der Waals surface area contributed by atoms with Crippen LogP contribution in [0.25, 0.3) is 0 Å². The lowest BCUT2D eigenvalue weighted by molar-refractivity contribution is -0.136. The molecule has 0 spiro atoms. The van der Waals surface area contributed by atoms with Crippen LogP contribution in [-0.2, 0) is 22.4 Å². The molecule has 0 saturated carbocycles. The number of carbonyl (C=O) groups excluding carboxylic acids is 2. The molecule has 2 atom stereocenters. The molecular weight excluding hydrogens is 361 g/mol. The molecule has 2 N–H and O–H groups in total. The Kier molecular flexibility index (Phi) is 6.57. The number of hydrogen-bond donors (Lipinski definition) is 2. The molecule has 2 heterocycles. The molecular formula is C21H24FN3O3. The summed E-state index contributed by atoms with van der Waals surface area (Å²) >= 11 is 0. The number of unbranched alkanes of at least 4 members (excludes halogenated alkanes) is 1. The maximum absolute atomic E-state index is 13.0. The maximum Gasteiger partial charge on any atom is 0.243 e. The Morgan fingerprint density at radius 3 is 2.29 bits per heavy atom. The van der Waals surface area contributed by atoms with Gasteiger partial charge in [-0.1, -0.05) is 25.5 Å². The Hall–Kier alpha value is -2.96. The van der Waals surface area contributed by atoms with Gasteiger partial charge in [0.2, 0.25) is 11.8 Å². The van der Waals surface area contributed by atoms with Gasteiger partial charge in [-0.15, -0.1) is 0 Å². The average Bonchev–Trinajstić information content (AvgIpc) is 2.69. The normalized spacial score (nSPS) is 19.1. The molecule has 7 heteroatoms. The third-order valence-electron chi connectivity index (χ3n) is 4.60. The second kappa shape index (κ2) is 9.30. The molecule has 1 aromatic carbocycles. The first-order valence-electron chi connectivity index (χ1n) is 9.48. The standard InChI is InChI=1S/C21H24FN3O3/c1-2-3-10-28-17-9-8-16(23-13-17)12-19-21(27)24-18(20(26)25-19)11-14-4-6-15(22)7-5-14/h4-9,13,18-19H,2-3,10-12H2,1H3,(H,24,27)(H,25,26). The highest BCUT2D eigenvalue weighted by atomic mass is 19.1. The number of pyridine rings is 1. The van der Waals surface area contributed by atoms with E-state index in [4.69, 9.17) is 4.74 Å². The molecule has 2 amide bonds. The molecule has 3 rings (SSSR count). The summed E-state index contributed by atoms with van der Waals surface area (Å²) in [6.07, 6.45) is 4.28. The van der Waals surface area contributed by atoms with Crippen LogP contribution in [0.3, 0.4) is 0 Å². The first kappa shape index (κ1) is 19.8. The number of aromatic nitrogens is 1. The van der Waals surface area contributed by atoms with Gasteiger partial charge in [0.1, 0.15) is 23.7 Å². The van der Waals surface area contributed by atoms with Crippen LogP contribution in [0.4, 0.5) is 4.39 Å². The Morgan fingerprint density at radius 2 is 1.68 bits per heavy atom. The highest BCUT2D eigenvalue weighted by Crippen LogP contribution is 2.13. The monoisotopic (exact) mass is 385 g/mol. The number of rotatable bonds is 8. The van der Waals surface area contributed by atoms with Gasteiger partial charge in [0.25, 0.3) is 0 Å². The van der Waals surface area contributed by atoms with Gasteiger partial charge in [0, 0.05) is 18.5 Å². The molecule has 1 fully saturated rings. The van der Waals surface area contributed by atoms with E-state index in [1.54, 1.807) is 24.4 Å². The molecule has 0 bridgehead atoms. The van der Waals surface area contributed by atoms with Crippen LogP contribution in [-0.4, -0.2) is 35.5 Å². The van der Waals surface area contributed by atoms with E-state index in [0.29, 0.717) is 30.9 Å². The molecule has 2 aromatic rings. The fourth-order valence-electron chi connectivity index (χ4n) is 2.98. The SMILES string of the molecule is CCCCOc1ccc(CC2NC(=O)C(Cc3ccc(F)cc3)NC2=O)nc1. The Labute approximate surface area is 163 Å². The Bertz CT molecular complexity index is 809. The van der Waals surface area contributed by atoms with Crippen molar-refractivity contribution in [1.82, 2.24) is 15.6 Å². The van der Waals surface area contributed by atoms with Gasteiger partial charge in [-0.05, 0) is 36.2 Å². The molecule has 0 radical (unpaired) electrons. The highest BCUT2D eigenvalue weighted by molar-refractivity contribution is 5.97. The minimum Gasteiger partial charge on any atom is -0.492 e. The number of nitrogens with zero attached hydrogens (tertiary/aromatic N) is 1. The molecule has 148 valence electrons. The minimum absolute atomic E-state index is 0.253. The highest BCUT2D eigenvalue weighted by Gasteiger charge is 2.33. The zero-order chi connectivity index (χ0) is 19.9.